The Balaban J connectivity index is 1.67. The Hall–Kier alpha value is -2.68. The van der Waals surface area contributed by atoms with Crippen LogP contribution in [0.4, 0.5) is 5.69 Å². The highest BCUT2D eigenvalue weighted by molar-refractivity contribution is 6.34. The third-order valence-corrected chi connectivity index (χ3v) is 7.72. The van der Waals surface area contributed by atoms with Gasteiger partial charge < -0.3 is 24.4 Å². The summed E-state index contributed by atoms with van der Waals surface area (Å²) >= 11 is 6.43. The molecule has 4 heterocycles. The maximum atomic E-state index is 14.1. The molecule has 1 unspecified atom stereocenters. The zero-order valence-electron chi connectivity index (χ0n) is 18.9. The minimum atomic E-state index is -1.35. The second-order valence-electron chi connectivity index (χ2n) is 9.07. The molecule has 0 aliphatic carbocycles. The van der Waals surface area contributed by atoms with Gasteiger partial charge in [-0.2, -0.15) is 0 Å². The molecule has 8 nitrogen and oxygen atoms in total. The lowest BCUT2D eigenvalue weighted by atomic mass is 9.73. The summed E-state index contributed by atoms with van der Waals surface area (Å²) in [5.74, 6) is -2.98. The van der Waals surface area contributed by atoms with E-state index in [1.54, 1.807) is 47.4 Å². The standard InChI is InChI=1S/C25H27ClN2O6/c1-2-24-10-6-15-33-23(32)19(24)18-21(30)28(13-7-14-29)20-22(31)27(12-5-11-25(18,20)34-24)17-9-4-3-8-16(17)26/h3-6,8-11,18-20,29H,2,7,12-15H2,1H3/t18-,19+,20?,24-,25-/m0/s1. The van der Waals surface area contributed by atoms with Gasteiger partial charge in [0.1, 0.15) is 29.8 Å². The Kier molecular flexibility index (Phi) is 5.78. The van der Waals surface area contributed by atoms with E-state index in [4.69, 9.17) is 21.1 Å². The fourth-order valence-electron chi connectivity index (χ4n) is 5.96. The number of benzene rings is 1. The molecule has 5 atom stereocenters. The molecule has 9 heteroatoms. The zero-order chi connectivity index (χ0) is 24.1. The first-order valence-electron chi connectivity index (χ1n) is 11.6. The van der Waals surface area contributed by atoms with Crippen molar-refractivity contribution in [2.75, 3.05) is 31.2 Å². The van der Waals surface area contributed by atoms with Gasteiger partial charge in [0.25, 0.3) is 5.91 Å². The normalized spacial score (nSPS) is 34.4. The summed E-state index contributed by atoms with van der Waals surface area (Å²) in [4.78, 5) is 44.2. The topological polar surface area (TPSA) is 96.4 Å². The number of amides is 2. The van der Waals surface area contributed by atoms with Crippen LogP contribution in [0.2, 0.25) is 5.02 Å². The van der Waals surface area contributed by atoms with Gasteiger partial charge in [0, 0.05) is 19.7 Å². The lowest BCUT2D eigenvalue weighted by molar-refractivity contribution is -0.157. The Bertz CT molecular complexity index is 1090. The van der Waals surface area contributed by atoms with Crippen molar-refractivity contribution >= 4 is 35.1 Å². The van der Waals surface area contributed by atoms with Gasteiger partial charge in [0.2, 0.25) is 5.91 Å². The van der Waals surface area contributed by atoms with Gasteiger partial charge in [-0.05, 0) is 31.1 Å². The summed E-state index contributed by atoms with van der Waals surface area (Å²) in [6.07, 6.45) is 7.87. The van der Waals surface area contributed by atoms with Gasteiger partial charge in [0.15, 0.2) is 0 Å². The van der Waals surface area contributed by atoms with Crippen LogP contribution in [-0.4, -0.2) is 71.3 Å². The van der Waals surface area contributed by atoms with Gasteiger partial charge in [-0.15, -0.1) is 0 Å². The van der Waals surface area contributed by atoms with E-state index >= 15 is 0 Å². The van der Waals surface area contributed by atoms with E-state index in [0.29, 0.717) is 23.6 Å². The monoisotopic (exact) mass is 486 g/mol. The maximum absolute atomic E-state index is 14.1. The molecule has 1 aromatic rings. The minimum absolute atomic E-state index is 0.112. The van der Waals surface area contributed by atoms with Crippen LogP contribution < -0.4 is 4.90 Å². The number of esters is 1. The zero-order valence-corrected chi connectivity index (χ0v) is 19.6. The summed E-state index contributed by atoms with van der Waals surface area (Å²) in [5.41, 5.74) is -1.87. The van der Waals surface area contributed by atoms with Crippen LogP contribution in [0, 0.1) is 11.8 Å². The number of hydrogen-bond acceptors (Lipinski definition) is 6. The minimum Gasteiger partial charge on any atom is -0.461 e. The van der Waals surface area contributed by atoms with Gasteiger partial charge in [-0.1, -0.05) is 48.9 Å². The van der Waals surface area contributed by atoms with E-state index in [1.807, 2.05) is 13.0 Å². The largest absolute Gasteiger partial charge is 0.461 e. The van der Waals surface area contributed by atoms with E-state index < -0.39 is 35.0 Å². The number of cyclic esters (lactones) is 1. The third-order valence-electron chi connectivity index (χ3n) is 7.40. The van der Waals surface area contributed by atoms with Crippen LogP contribution in [0.25, 0.3) is 0 Å². The highest BCUT2D eigenvalue weighted by Gasteiger charge is 2.75. The molecule has 4 aliphatic heterocycles. The van der Waals surface area contributed by atoms with E-state index in [9.17, 15) is 19.5 Å². The molecule has 5 rings (SSSR count). The molecule has 4 aliphatic rings. The predicted octanol–water partition coefficient (Wildman–Crippen LogP) is 2.10. The fraction of sp³-hybridized carbons (Fsp3) is 0.480. The Morgan fingerprint density at radius 2 is 1.91 bits per heavy atom. The number of anilines is 1. The van der Waals surface area contributed by atoms with Crippen LogP contribution in [-0.2, 0) is 23.9 Å². The van der Waals surface area contributed by atoms with Crippen molar-refractivity contribution < 1.29 is 29.0 Å². The number of aliphatic hydroxyl groups excluding tert-OH is 1. The van der Waals surface area contributed by atoms with Gasteiger partial charge in [-0.3, -0.25) is 14.4 Å². The van der Waals surface area contributed by atoms with Crippen molar-refractivity contribution in [2.24, 2.45) is 11.8 Å². The first kappa shape index (κ1) is 23.1. The first-order valence-corrected chi connectivity index (χ1v) is 12.0. The van der Waals surface area contributed by atoms with Gasteiger partial charge >= 0.3 is 5.97 Å². The predicted molar refractivity (Wildman–Crippen MR) is 124 cm³/mol. The second-order valence-corrected chi connectivity index (χ2v) is 9.47. The number of carbonyl (C=O) groups excluding carboxylic acids is 3. The van der Waals surface area contributed by atoms with Crippen molar-refractivity contribution in [1.29, 1.82) is 0 Å². The molecular formula is C25H27ClN2O6. The molecule has 1 N–H and O–H groups in total. The summed E-state index contributed by atoms with van der Waals surface area (Å²) < 4.78 is 12.1. The molecule has 2 amide bonds. The average Bonchev–Trinajstić information content (AvgIpc) is 3.10. The quantitative estimate of drug-likeness (QED) is 0.506. The molecular weight excluding hydrogens is 460 g/mol. The first-order chi connectivity index (χ1) is 16.4. The smallest absolute Gasteiger partial charge is 0.313 e. The van der Waals surface area contributed by atoms with Crippen LogP contribution in [0.5, 0.6) is 0 Å². The van der Waals surface area contributed by atoms with Crippen molar-refractivity contribution in [3.05, 3.63) is 53.6 Å². The number of nitrogens with zero attached hydrogens (tertiary/aromatic N) is 2. The molecule has 1 aromatic carbocycles. The highest BCUT2D eigenvalue weighted by Crippen LogP contribution is 2.58. The SMILES string of the molecule is CC[C@]12C=CCOC(=O)[C@H]1[C@H]1C(=O)N(CCCO)C3C(=O)N(c4ccccc4Cl)CC=C[C@@]31O2. The molecule has 0 aromatic heterocycles. The Labute approximate surface area is 202 Å². The maximum Gasteiger partial charge on any atom is 0.313 e. The van der Waals surface area contributed by atoms with Crippen LogP contribution in [0.1, 0.15) is 19.8 Å². The van der Waals surface area contributed by atoms with Crippen LogP contribution in [0.3, 0.4) is 0 Å². The fourth-order valence-corrected chi connectivity index (χ4v) is 6.20. The number of fused-ring (bicyclic) bond motifs is 2. The van der Waals surface area contributed by atoms with Crippen molar-refractivity contribution in [2.45, 2.75) is 37.0 Å². The number of halogens is 1. The lowest BCUT2D eigenvalue weighted by Crippen LogP contribution is -2.56. The van der Waals surface area contributed by atoms with E-state index in [0.717, 1.165) is 0 Å². The lowest BCUT2D eigenvalue weighted by Gasteiger charge is -2.38. The van der Waals surface area contributed by atoms with Crippen LogP contribution >= 0.6 is 11.6 Å². The van der Waals surface area contributed by atoms with Crippen molar-refractivity contribution in [1.82, 2.24) is 4.90 Å². The highest BCUT2D eigenvalue weighted by atomic mass is 35.5. The Morgan fingerprint density at radius 1 is 1.12 bits per heavy atom. The summed E-state index contributed by atoms with van der Waals surface area (Å²) in [6.45, 7) is 2.27. The van der Waals surface area contributed by atoms with Gasteiger partial charge in [0.05, 0.1) is 16.6 Å². The molecule has 0 bridgehead atoms. The molecule has 2 fully saturated rings. The number of ether oxygens (including phenoxy) is 2. The van der Waals surface area contributed by atoms with Crippen LogP contribution in [0.15, 0.2) is 48.6 Å². The second kappa shape index (κ2) is 8.52. The van der Waals surface area contributed by atoms with Gasteiger partial charge in [-0.25, -0.2) is 0 Å². The average molecular weight is 487 g/mol. The van der Waals surface area contributed by atoms with E-state index in [-0.39, 0.29) is 38.1 Å². The number of hydrogen-bond donors (Lipinski definition) is 1. The molecule has 0 radical (unpaired) electrons. The van der Waals surface area contributed by atoms with Crippen molar-refractivity contribution in [3.63, 3.8) is 0 Å². The molecule has 1 spiro atoms. The number of rotatable bonds is 5. The number of likely N-dealkylation sites (tertiary alicyclic amines) is 1. The number of para-hydroxylation sites is 1. The summed E-state index contributed by atoms with van der Waals surface area (Å²) in [7, 11) is 0. The van der Waals surface area contributed by atoms with E-state index in [1.165, 1.54) is 4.90 Å². The number of aliphatic hydroxyl groups is 1. The molecule has 0 saturated carbocycles. The number of carbonyl (C=O) groups is 3. The summed E-state index contributed by atoms with van der Waals surface area (Å²) in [6, 6.07) is 6.03. The Morgan fingerprint density at radius 3 is 2.65 bits per heavy atom. The third kappa shape index (κ3) is 3.16. The van der Waals surface area contributed by atoms with E-state index in [2.05, 4.69) is 0 Å². The summed E-state index contributed by atoms with van der Waals surface area (Å²) in [5, 5.41) is 9.88. The van der Waals surface area contributed by atoms with Crippen molar-refractivity contribution in [3.8, 4) is 0 Å². The molecule has 180 valence electrons. The molecule has 34 heavy (non-hydrogen) atoms. The molecule has 2 saturated heterocycles.